The fraction of sp³-hybridized carbons (Fsp3) is 0.478. The van der Waals surface area contributed by atoms with Crippen molar-refractivity contribution in [3.05, 3.63) is 54.4 Å². The molecule has 2 fully saturated rings. The molecule has 5 heteroatoms. The van der Waals surface area contributed by atoms with E-state index < -0.39 is 0 Å². The van der Waals surface area contributed by atoms with Gasteiger partial charge in [-0.25, -0.2) is 0 Å². The summed E-state index contributed by atoms with van der Waals surface area (Å²) in [5.41, 5.74) is 3.41. The number of piperidine rings is 2. The van der Waals surface area contributed by atoms with Gasteiger partial charge in [0.1, 0.15) is 0 Å². The lowest BCUT2D eigenvalue weighted by molar-refractivity contribution is -0.156. The van der Waals surface area contributed by atoms with Crippen LogP contribution in [0, 0.1) is 5.41 Å². The van der Waals surface area contributed by atoms with Crippen molar-refractivity contribution in [2.24, 2.45) is 5.41 Å². The van der Waals surface area contributed by atoms with Gasteiger partial charge in [0.05, 0.1) is 11.5 Å². The van der Waals surface area contributed by atoms with Gasteiger partial charge >= 0.3 is 0 Å². The number of benzene rings is 1. The third-order valence-electron chi connectivity index (χ3n) is 6.40. The minimum atomic E-state index is -0.228. The van der Waals surface area contributed by atoms with Gasteiger partial charge in [0.15, 0.2) is 0 Å². The van der Waals surface area contributed by atoms with Crippen molar-refractivity contribution >= 4 is 5.91 Å². The molecule has 0 aliphatic carbocycles. The smallest absolute Gasteiger partial charge is 0.228 e. The van der Waals surface area contributed by atoms with E-state index in [1.54, 1.807) is 13.3 Å². The highest BCUT2D eigenvalue weighted by molar-refractivity contribution is 5.83. The minimum absolute atomic E-state index is 0.161. The summed E-state index contributed by atoms with van der Waals surface area (Å²) in [5, 5.41) is 0. The monoisotopic (exact) mass is 379 g/mol. The number of likely N-dealkylation sites (tertiary alicyclic amines) is 2. The number of carbonyl (C=O) groups is 1. The lowest BCUT2D eigenvalue weighted by Crippen LogP contribution is -2.56. The second-order valence-corrected chi connectivity index (χ2v) is 8.24. The minimum Gasteiger partial charge on any atom is -0.380 e. The zero-order chi connectivity index (χ0) is 19.6. The van der Waals surface area contributed by atoms with Gasteiger partial charge in [0, 0.05) is 39.6 Å². The van der Waals surface area contributed by atoms with Crippen LogP contribution in [0.15, 0.2) is 48.8 Å². The van der Waals surface area contributed by atoms with Crippen LogP contribution in [0.3, 0.4) is 0 Å². The van der Waals surface area contributed by atoms with Crippen molar-refractivity contribution in [1.29, 1.82) is 0 Å². The molecule has 2 aliphatic heterocycles. The van der Waals surface area contributed by atoms with Gasteiger partial charge in [-0.3, -0.25) is 14.7 Å². The average molecular weight is 380 g/mol. The molecule has 1 unspecified atom stereocenters. The number of rotatable bonds is 4. The molecule has 4 rings (SSSR count). The highest BCUT2D eigenvalue weighted by Crippen LogP contribution is 2.41. The second-order valence-electron chi connectivity index (χ2n) is 8.24. The number of likely N-dealkylation sites (N-methyl/N-ethyl adjacent to an activating group) is 1. The number of hydrogen-bond acceptors (Lipinski definition) is 4. The van der Waals surface area contributed by atoms with E-state index in [-0.39, 0.29) is 11.5 Å². The Labute approximate surface area is 167 Å². The van der Waals surface area contributed by atoms with E-state index >= 15 is 0 Å². The SMILES string of the molecule is COC1CN(C)C(=O)C2(CCN(Cc3ccc(-c4cccnc4)cc3)CC2)C1. The van der Waals surface area contributed by atoms with Crippen LogP contribution in [0.5, 0.6) is 0 Å². The fourth-order valence-electron chi connectivity index (χ4n) is 4.69. The summed E-state index contributed by atoms with van der Waals surface area (Å²) in [6.07, 6.45) is 6.55. The number of aromatic nitrogens is 1. The molecule has 1 spiro atoms. The lowest BCUT2D eigenvalue weighted by atomic mass is 9.71. The molecular weight excluding hydrogens is 350 g/mol. The van der Waals surface area contributed by atoms with E-state index in [4.69, 9.17) is 4.74 Å². The van der Waals surface area contributed by atoms with Gasteiger partial charge in [-0.2, -0.15) is 0 Å². The highest BCUT2D eigenvalue weighted by atomic mass is 16.5. The molecule has 1 aromatic heterocycles. The van der Waals surface area contributed by atoms with Crippen LogP contribution < -0.4 is 0 Å². The Morgan fingerprint density at radius 3 is 2.54 bits per heavy atom. The van der Waals surface area contributed by atoms with Crippen molar-refractivity contribution in [3.8, 4) is 11.1 Å². The number of carbonyl (C=O) groups excluding carboxylic acids is 1. The molecule has 0 bridgehead atoms. The van der Waals surface area contributed by atoms with E-state index in [9.17, 15) is 4.79 Å². The maximum Gasteiger partial charge on any atom is 0.228 e. The normalized spacial score (nSPS) is 22.6. The summed E-state index contributed by atoms with van der Waals surface area (Å²) in [6, 6.07) is 12.8. The Hall–Kier alpha value is -2.24. The number of amides is 1. The molecule has 2 aliphatic rings. The van der Waals surface area contributed by atoms with E-state index in [0.717, 1.165) is 44.5 Å². The number of nitrogens with zero attached hydrogens (tertiary/aromatic N) is 3. The molecule has 0 saturated carbocycles. The molecule has 1 atom stereocenters. The molecule has 2 aromatic rings. The molecule has 0 radical (unpaired) electrons. The maximum atomic E-state index is 12.8. The molecule has 1 aromatic carbocycles. The highest BCUT2D eigenvalue weighted by Gasteiger charge is 2.47. The average Bonchev–Trinajstić information content (AvgIpc) is 2.74. The molecule has 3 heterocycles. The van der Waals surface area contributed by atoms with Crippen LogP contribution in [0.1, 0.15) is 24.8 Å². The zero-order valence-electron chi connectivity index (χ0n) is 16.8. The van der Waals surface area contributed by atoms with E-state index in [1.165, 1.54) is 11.1 Å². The van der Waals surface area contributed by atoms with Gasteiger partial charge in [-0.05, 0) is 55.1 Å². The van der Waals surface area contributed by atoms with E-state index in [2.05, 4.69) is 40.2 Å². The standard InChI is InChI=1S/C23H29N3O2/c1-25-17-21(28-2)14-23(22(25)27)9-12-26(13-10-23)16-18-5-7-19(8-6-18)20-4-3-11-24-15-20/h3-8,11,15,21H,9-10,12-14,16-17H2,1-2H3. The Kier molecular flexibility index (Phi) is 5.47. The summed E-state index contributed by atoms with van der Waals surface area (Å²) < 4.78 is 5.60. The first kappa shape index (κ1) is 19.1. The van der Waals surface area contributed by atoms with Gasteiger partial charge in [-0.15, -0.1) is 0 Å². The number of methoxy groups -OCH3 is 1. The van der Waals surface area contributed by atoms with E-state index in [1.807, 2.05) is 24.2 Å². The topological polar surface area (TPSA) is 45.7 Å². The van der Waals surface area contributed by atoms with Crippen molar-refractivity contribution in [2.75, 3.05) is 33.8 Å². The van der Waals surface area contributed by atoms with Crippen LogP contribution in [-0.2, 0) is 16.1 Å². The summed E-state index contributed by atoms with van der Waals surface area (Å²) in [5.74, 6) is 0.307. The molecule has 148 valence electrons. The Bertz CT molecular complexity index is 798. The Morgan fingerprint density at radius 1 is 1.14 bits per heavy atom. The second kappa shape index (κ2) is 8.02. The van der Waals surface area contributed by atoms with Crippen molar-refractivity contribution in [2.45, 2.75) is 31.9 Å². The Morgan fingerprint density at radius 2 is 1.89 bits per heavy atom. The molecule has 5 nitrogen and oxygen atoms in total. The summed E-state index contributed by atoms with van der Waals surface area (Å²) in [7, 11) is 3.66. The maximum absolute atomic E-state index is 12.8. The molecule has 2 saturated heterocycles. The van der Waals surface area contributed by atoms with Crippen molar-refractivity contribution < 1.29 is 9.53 Å². The third-order valence-corrected chi connectivity index (χ3v) is 6.40. The lowest BCUT2D eigenvalue weighted by Gasteiger charge is -2.47. The van der Waals surface area contributed by atoms with Gasteiger partial charge in [-0.1, -0.05) is 30.3 Å². The third kappa shape index (κ3) is 3.82. The van der Waals surface area contributed by atoms with Crippen LogP contribution in [0.4, 0.5) is 0 Å². The van der Waals surface area contributed by atoms with Crippen LogP contribution in [-0.4, -0.2) is 60.6 Å². The first-order valence-corrected chi connectivity index (χ1v) is 10.1. The van der Waals surface area contributed by atoms with Gasteiger partial charge in [0.25, 0.3) is 0 Å². The van der Waals surface area contributed by atoms with Crippen LogP contribution in [0.2, 0.25) is 0 Å². The van der Waals surface area contributed by atoms with Gasteiger partial charge < -0.3 is 9.64 Å². The van der Waals surface area contributed by atoms with Gasteiger partial charge in [0.2, 0.25) is 5.91 Å². The quantitative estimate of drug-likeness (QED) is 0.818. The largest absolute Gasteiger partial charge is 0.380 e. The predicted molar refractivity (Wildman–Crippen MR) is 110 cm³/mol. The molecule has 28 heavy (non-hydrogen) atoms. The summed E-state index contributed by atoms with van der Waals surface area (Å²) in [4.78, 5) is 21.4. The zero-order valence-corrected chi connectivity index (χ0v) is 16.8. The first-order chi connectivity index (χ1) is 13.6. The molecular formula is C23H29N3O2. The van der Waals surface area contributed by atoms with Crippen LogP contribution in [0.25, 0.3) is 11.1 Å². The molecule has 1 amide bonds. The number of ether oxygens (including phenoxy) is 1. The number of pyridine rings is 1. The number of hydrogen-bond donors (Lipinski definition) is 0. The first-order valence-electron chi connectivity index (χ1n) is 10.1. The fourth-order valence-corrected chi connectivity index (χ4v) is 4.69. The molecule has 0 N–H and O–H groups in total. The summed E-state index contributed by atoms with van der Waals surface area (Å²) in [6.45, 7) is 3.56. The van der Waals surface area contributed by atoms with Crippen LogP contribution >= 0.6 is 0 Å². The predicted octanol–water partition coefficient (Wildman–Crippen LogP) is 3.21. The summed E-state index contributed by atoms with van der Waals surface area (Å²) >= 11 is 0. The Balaban J connectivity index is 1.37. The van der Waals surface area contributed by atoms with E-state index in [0.29, 0.717) is 12.5 Å². The van der Waals surface area contributed by atoms with Crippen molar-refractivity contribution in [3.63, 3.8) is 0 Å². The van der Waals surface area contributed by atoms with Crippen molar-refractivity contribution in [1.82, 2.24) is 14.8 Å².